The lowest BCUT2D eigenvalue weighted by atomic mass is 10.1. The first-order valence-electron chi connectivity index (χ1n) is 10.9. The first kappa shape index (κ1) is 23.4. The SMILES string of the molecule is O=C(NCCCN1CCOCC1)C(=O)Nc1ccccc1C(=O)NCCc1ccccc1. The molecule has 0 radical (unpaired) electrons. The number of nitrogens with zero attached hydrogens (tertiary/aromatic N) is 1. The number of hydrogen-bond donors (Lipinski definition) is 3. The zero-order valence-electron chi connectivity index (χ0n) is 18.1. The fourth-order valence-electron chi connectivity index (χ4n) is 3.44. The summed E-state index contributed by atoms with van der Waals surface area (Å²) in [6.45, 7) is 4.95. The van der Waals surface area contributed by atoms with Crippen LogP contribution in [0.25, 0.3) is 0 Å². The molecule has 170 valence electrons. The number of carbonyl (C=O) groups excluding carboxylic acids is 3. The molecule has 1 heterocycles. The van der Waals surface area contributed by atoms with E-state index in [2.05, 4.69) is 20.9 Å². The highest BCUT2D eigenvalue weighted by Gasteiger charge is 2.18. The van der Waals surface area contributed by atoms with E-state index in [4.69, 9.17) is 4.74 Å². The van der Waals surface area contributed by atoms with E-state index in [0.29, 0.717) is 30.8 Å². The van der Waals surface area contributed by atoms with Gasteiger partial charge in [0.2, 0.25) is 0 Å². The van der Waals surface area contributed by atoms with E-state index in [1.165, 1.54) is 0 Å². The number of ether oxygens (including phenoxy) is 1. The second kappa shape index (κ2) is 12.6. The highest BCUT2D eigenvalue weighted by molar-refractivity contribution is 6.40. The number of carbonyl (C=O) groups is 3. The fourth-order valence-corrected chi connectivity index (χ4v) is 3.44. The van der Waals surface area contributed by atoms with Crippen molar-refractivity contribution in [2.24, 2.45) is 0 Å². The summed E-state index contributed by atoms with van der Waals surface area (Å²) in [5, 5.41) is 8.04. The summed E-state index contributed by atoms with van der Waals surface area (Å²) in [5.74, 6) is -1.81. The first-order chi connectivity index (χ1) is 15.6. The van der Waals surface area contributed by atoms with Crippen molar-refractivity contribution in [2.45, 2.75) is 12.8 Å². The monoisotopic (exact) mass is 438 g/mol. The van der Waals surface area contributed by atoms with Gasteiger partial charge in [-0.3, -0.25) is 19.3 Å². The molecule has 0 spiro atoms. The van der Waals surface area contributed by atoms with Gasteiger partial charge in [0.25, 0.3) is 5.91 Å². The number of amides is 3. The van der Waals surface area contributed by atoms with Crippen LogP contribution in [0.5, 0.6) is 0 Å². The average molecular weight is 439 g/mol. The number of morpholine rings is 1. The van der Waals surface area contributed by atoms with Crippen molar-refractivity contribution in [3.05, 3.63) is 65.7 Å². The maximum absolute atomic E-state index is 12.6. The summed E-state index contributed by atoms with van der Waals surface area (Å²) < 4.78 is 5.31. The first-order valence-corrected chi connectivity index (χ1v) is 10.9. The molecule has 0 unspecified atom stereocenters. The minimum absolute atomic E-state index is 0.303. The van der Waals surface area contributed by atoms with Gasteiger partial charge in [-0.05, 0) is 37.1 Å². The summed E-state index contributed by atoms with van der Waals surface area (Å²) in [4.78, 5) is 39.3. The van der Waals surface area contributed by atoms with Crippen molar-refractivity contribution >= 4 is 23.4 Å². The van der Waals surface area contributed by atoms with E-state index in [1.54, 1.807) is 24.3 Å². The minimum atomic E-state index is -0.791. The minimum Gasteiger partial charge on any atom is -0.379 e. The van der Waals surface area contributed by atoms with Crippen molar-refractivity contribution in [3.8, 4) is 0 Å². The third-order valence-electron chi connectivity index (χ3n) is 5.21. The number of anilines is 1. The van der Waals surface area contributed by atoms with Gasteiger partial charge in [-0.2, -0.15) is 0 Å². The predicted molar refractivity (Wildman–Crippen MR) is 122 cm³/mol. The quantitative estimate of drug-likeness (QED) is 0.406. The Morgan fingerprint density at radius 3 is 2.34 bits per heavy atom. The van der Waals surface area contributed by atoms with E-state index in [1.807, 2.05) is 30.3 Å². The second-order valence-corrected chi connectivity index (χ2v) is 7.55. The van der Waals surface area contributed by atoms with Gasteiger partial charge in [0.15, 0.2) is 0 Å². The number of hydrogen-bond acceptors (Lipinski definition) is 5. The van der Waals surface area contributed by atoms with Crippen LogP contribution >= 0.6 is 0 Å². The van der Waals surface area contributed by atoms with Gasteiger partial charge in [0.1, 0.15) is 0 Å². The van der Waals surface area contributed by atoms with E-state index < -0.39 is 11.8 Å². The van der Waals surface area contributed by atoms with Crippen LogP contribution in [0.1, 0.15) is 22.3 Å². The van der Waals surface area contributed by atoms with Crippen LogP contribution in [0.3, 0.4) is 0 Å². The molecule has 1 fully saturated rings. The summed E-state index contributed by atoms with van der Waals surface area (Å²) in [5.41, 5.74) is 1.74. The molecule has 0 saturated carbocycles. The Balaban J connectivity index is 1.43. The smallest absolute Gasteiger partial charge is 0.313 e. The third-order valence-corrected chi connectivity index (χ3v) is 5.21. The molecule has 0 aromatic heterocycles. The van der Waals surface area contributed by atoms with Gasteiger partial charge in [-0.25, -0.2) is 0 Å². The Morgan fingerprint density at radius 1 is 0.844 bits per heavy atom. The van der Waals surface area contributed by atoms with Crippen LogP contribution in [-0.4, -0.2) is 68.6 Å². The Hall–Kier alpha value is -3.23. The Morgan fingerprint density at radius 2 is 1.56 bits per heavy atom. The van der Waals surface area contributed by atoms with Gasteiger partial charge in [-0.1, -0.05) is 42.5 Å². The molecule has 3 N–H and O–H groups in total. The van der Waals surface area contributed by atoms with Crippen LogP contribution in [0.4, 0.5) is 5.69 Å². The van der Waals surface area contributed by atoms with Crippen LogP contribution in [-0.2, 0) is 20.7 Å². The molecule has 2 aromatic rings. The molecule has 32 heavy (non-hydrogen) atoms. The molecule has 8 nitrogen and oxygen atoms in total. The largest absolute Gasteiger partial charge is 0.379 e. The lowest BCUT2D eigenvalue weighted by molar-refractivity contribution is -0.136. The maximum atomic E-state index is 12.6. The lowest BCUT2D eigenvalue weighted by Crippen LogP contribution is -2.40. The van der Waals surface area contributed by atoms with Crippen molar-refractivity contribution in [3.63, 3.8) is 0 Å². The number of nitrogens with one attached hydrogen (secondary N) is 3. The van der Waals surface area contributed by atoms with E-state index >= 15 is 0 Å². The van der Waals surface area contributed by atoms with Crippen LogP contribution in [0.2, 0.25) is 0 Å². The molecule has 8 heteroatoms. The molecule has 0 atom stereocenters. The summed E-state index contributed by atoms with van der Waals surface area (Å²) in [6, 6.07) is 16.5. The lowest BCUT2D eigenvalue weighted by Gasteiger charge is -2.26. The topological polar surface area (TPSA) is 99.8 Å². The standard InChI is InChI=1S/C24H30N4O4/c29-22(26-13-11-19-7-2-1-3-8-19)20-9-4-5-10-21(20)27-24(31)23(30)25-12-6-14-28-15-17-32-18-16-28/h1-5,7-10H,6,11-18H2,(H,25,30)(H,26,29)(H,27,31). The molecule has 0 bridgehead atoms. The molecule has 1 saturated heterocycles. The average Bonchev–Trinajstić information content (AvgIpc) is 2.83. The molecule has 1 aliphatic heterocycles. The molecule has 2 aromatic carbocycles. The van der Waals surface area contributed by atoms with Gasteiger partial charge < -0.3 is 20.7 Å². The molecule has 3 rings (SSSR count). The highest BCUT2D eigenvalue weighted by Crippen LogP contribution is 2.15. The zero-order chi connectivity index (χ0) is 22.6. The van der Waals surface area contributed by atoms with E-state index in [0.717, 1.165) is 44.8 Å². The van der Waals surface area contributed by atoms with Gasteiger partial charge in [0, 0.05) is 26.2 Å². The Kier molecular flexibility index (Phi) is 9.21. The number of para-hydroxylation sites is 1. The summed E-state index contributed by atoms with van der Waals surface area (Å²) in [6.07, 6.45) is 1.45. The fraction of sp³-hybridized carbons (Fsp3) is 0.375. The summed E-state index contributed by atoms with van der Waals surface area (Å²) in [7, 11) is 0. The Labute approximate surface area is 188 Å². The van der Waals surface area contributed by atoms with Crippen LogP contribution < -0.4 is 16.0 Å². The van der Waals surface area contributed by atoms with Gasteiger partial charge >= 0.3 is 11.8 Å². The summed E-state index contributed by atoms with van der Waals surface area (Å²) >= 11 is 0. The normalized spacial score (nSPS) is 13.9. The second-order valence-electron chi connectivity index (χ2n) is 7.55. The molecular formula is C24H30N4O4. The molecule has 3 amide bonds. The predicted octanol–water partition coefficient (Wildman–Crippen LogP) is 1.44. The highest BCUT2D eigenvalue weighted by atomic mass is 16.5. The van der Waals surface area contributed by atoms with Crippen molar-refractivity contribution < 1.29 is 19.1 Å². The third kappa shape index (κ3) is 7.47. The van der Waals surface area contributed by atoms with Crippen LogP contribution in [0.15, 0.2) is 54.6 Å². The van der Waals surface area contributed by atoms with Crippen molar-refractivity contribution in [1.29, 1.82) is 0 Å². The van der Waals surface area contributed by atoms with Crippen molar-refractivity contribution in [2.75, 3.05) is 51.3 Å². The number of benzene rings is 2. The van der Waals surface area contributed by atoms with Crippen molar-refractivity contribution in [1.82, 2.24) is 15.5 Å². The van der Waals surface area contributed by atoms with Crippen LogP contribution in [0, 0.1) is 0 Å². The molecular weight excluding hydrogens is 408 g/mol. The maximum Gasteiger partial charge on any atom is 0.313 e. The molecule has 0 aliphatic carbocycles. The Bertz CT molecular complexity index is 898. The molecule has 1 aliphatic rings. The number of rotatable bonds is 9. The van der Waals surface area contributed by atoms with Gasteiger partial charge in [-0.15, -0.1) is 0 Å². The van der Waals surface area contributed by atoms with E-state index in [-0.39, 0.29) is 5.91 Å². The van der Waals surface area contributed by atoms with Gasteiger partial charge in [0.05, 0.1) is 24.5 Å². The zero-order valence-corrected chi connectivity index (χ0v) is 18.1. The van der Waals surface area contributed by atoms with E-state index in [9.17, 15) is 14.4 Å².